The first-order valence-corrected chi connectivity index (χ1v) is 5.95. The third kappa shape index (κ3) is 3.82. The lowest BCUT2D eigenvalue weighted by atomic mass is 9.92. The quantitative estimate of drug-likeness (QED) is 0.657. The Labute approximate surface area is 92.6 Å². The standard InChI is InChI=1S/C12H23NO2/c1-4-7-15-8-11(14)13-9-12(5-6-12)10(2)3/h10H,4-9H2,1-3H3,(H,13,14). The lowest BCUT2D eigenvalue weighted by Crippen LogP contribution is -2.34. The fourth-order valence-corrected chi connectivity index (χ4v) is 1.75. The van der Waals surface area contributed by atoms with Gasteiger partial charge in [0.15, 0.2) is 0 Å². The summed E-state index contributed by atoms with van der Waals surface area (Å²) in [5.41, 5.74) is 0.389. The molecule has 0 heterocycles. The van der Waals surface area contributed by atoms with Crippen molar-refractivity contribution < 1.29 is 9.53 Å². The Bertz CT molecular complexity index is 210. The minimum Gasteiger partial charge on any atom is -0.372 e. The molecule has 0 unspecified atom stereocenters. The average Bonchev–Trinajstić information content (AvgIpc) is 2.96. The van der Waals surface area contributed by atoms with Gasteiger partial charge in [-0.05, 0) is 30.6 Å². The van der Waals surface area contributed by atoms with Crippen LogP contribution < -0.4 is 5.32 Å². The lowest BCUT2D eigenvalue weighted by molar-refractivity contribution is -0.126. The Kier molecular flexibility index (Phi) is 4.58. The molecule has 1 rings (SSSR count). The van der Waals surface area contributed by atoms with Crippen LogP contribution in [0.25, 0.3) is 0 Å². The number of carbonyl (C=O) groups is 1. The number of ether oxygens (including phenoxy) is 1. The van der Waals surface area contributed by atoms with Crippen molar-refractivity contribution in [2.75, 3.05) is 19.8 Å². The van der Waals surface area contributed by atoms with Crippen molar-refractivity contribution >= 4 is 5.91 Å². The van der Waals surface area contributed by atoms with Crippen molar-refractivity contribution in [1.82, 2.24) is 5.32 Å². The SMILES string of the molecule is CCCOCC(=O)NCC1(C(C)C)CC1. The number of nitrogens with one attached hydrogen (secondary N) is 1. The molecule has 0 aromatic carbocycles. The van der Waals surface area contributed by atoms with Gasteiger partial charge >= 0.3 is 0 Å². The maximum atomic E-state index is 11.4. The second kappa shape index (κ2) is 5.50. The summed E-state index contributed by atoms with van der Waals surface area (Å²) in [6.07, 6.45) is 3.46. The summed E-state index contributed by atoms with van der Waals surface area (Å²) < 4.78 is 5.18. The van der Waals surface area contributed by atoms with Gasteiger partial charge in [0.25, 0.3) is 0 Å². The minimum absolute atomic E-state index is 0.0235. The number of amides is 1. The Hall–Kier alpha value is -0.570. The normalized spacial score (nSPS) is 17.9. The molecule has 0 saturated heterocycles. The van der Waals surface area contributed by atoms with Gasteiger partial charge in [-0.2, -0.15) is 0 Å². The summed E-state index contributed by atoms with van der Waals surface area (Å²) in [6, 6.07) is 0. The molecule has 1 saturated carbocycles. The van der Waals surface area contributed by atoms with E-state index in [1.165, 1.54) is 12.8 Å². The van der Waals surface area contributed by atoms with E-state index in [0.717, 1.165) is 13.0 Å². The van der Waals surface area contributed by atoms with Crippen LogP contribution in [0.15, 0.2) is 0 Å². The Morgan fingerprint density at radius 1 is 1.47 bits per heavy atom. The zero-order valence-corrected chi connectivity index (χ0v) is 10.1. The third-order valence-electron chi connectivity index (χ3n) is 3.34. The van der Waals surface area contributed by atoms with Crippen molar-refractivity contribution in [2.24, 2.45) is 11.3 Å². The van der Waals surface area contributed by atoms with Crippen LogP contribution in [0.3, 0.4) is 0 Å². The van der Waals surface area contributed by atoms with Crippen LogP contribution in [0.1, 0.15) is 40.0 Å². The molecule has 0 radical (unpaired) electrons. The molecule has 0 spiro atoms. The Morgan fingerprint density at radius 2 is 2.13 bits per heavy atom. The zero-order valence-electron chi connectivity index (χ0n) is 10.1. The highest BCUT2D eigenvalue weighted by Crippen LogP contribution is 2.51. The van der Waals surface area contributed by atoms with Crippen LogP contribution in [0.4, 0.5) is 0 Å². The Morgan fingerprint density at radius 3 is 2.60 bits per heavy atom. The number of rotatable bonds is 7. The van der Waals surface area contributed by atoms with Gasteiger partial charge in [-0.1, -0.05) is 20.8 Å². The second-order valence-corrected chi connectivity index (χ2v) is 4.85. The van der Waals surface area contributed by atoms with Crippen molar-refractivity contribution in [3.63, 3.8) is 0 Å². The van der Waals surface area contributed by atoms with Crippen LogP contribution in [-0.2, 0) is 9.53 Å². The topological polar surface area (TPSA) is 38.3 Å². The molecule has 0 aromatic heterocycles. The summed E-state index contributed by atoms with van der Waals surface area (Å²) in [6.45, 7) is 8.19. The van der Waals surface area contributed by atoms with Gasteiger partial charge in [-0.25, -0.2) is 0 Å². The highest BCUT2D eigenvalue weighted by atomic mass is 16.5. The predicted octanol–water partition coefficient (Wildman–Crippen LogP) is 1.97. The van der Waals surface area contributed by atoms with Crippen LogP contribution in [0, 0.1) is 11.3 Å². The first-order chi connectivity index (χ1) is 7.10. The zero-order chi connectivity index (χ0) is 11.3. The molecule has 0 bridgehead atoms. The maximum absolute atomic E-state index is 11.4. The van der Waals surface area contributed by atoms with E-state index in [1.54, 1.807) is 0 Å². The fraction of sp³-hybridized carbons (Fsp3) is 0.917. The molecule has 0 aromatic rings. The van der Waals surface area contributed by atoms with E-state index < -0.39 is 0 Å². The Balaban J connectivity index is 2.12. The first-order valence-electron chi connectivity index (χ1n) is 5.95. The molecule has 1 fully saturated rings. The fourth-order valence-electron chi connectivity index (χ4n) is 1.75. The van der Waals surface area contributed by atoms with E-state index in [4.69, 9.17) is 4.74 Å². The average molecular weight is 213 g/mol. The van der Waals surface area contributed by atoms with E-state index in [1.807, 2.05) is 6.92 Å². The van der Waals surface area contributed by atoms with Gasteiger partial charge in [0.2, 0.25) is 5.91 Å². The predicted molar refractivity (Wildman–Crippen MR) is 60.6 cm³/mol. The molecular formula is C12H23NO2. The van der Waals surface area contributed by atoms with Crippen LogP contribution >= 0.6 is 0 Å². The van der Waals surface area contributed by atoms with Crippen molar-refractivity contribution in [3.05, 3.63) is 0 Å². The highest BCUT2D eigenvalue weighted by Gasteiger charge is 2.45. The van der Waals surface area contributed by atoms with Gasteiger partial charge in [-0.3, -0.25) is 4.79 Å². The van der Waals surface area contributed by atoms with Gasteiger partial charge < -0.3 is 10.1 Å². The van der Waals surface area contributed by atoms with Gasteiger partial charge in [-0.15, -0.1) is 0 Å². The van der Waals surface area contributed by atoms with E-state index in [-0.39, 0.29) is 12.5 Å². The molecule has 3 nitrogen and oxygen atoms in total. The summed E-state index contributed by atoms with van der Waals surface area (Å²) in [7, 11) is 0. The summed E-state index contributed by atoms with van der Waals surface area (Å²) in [4.78, 5) is 11.4. The van der Waals surface area contributed by atoms with Crippen molar-refractivity contribution in [1.29, 1.82) is 0 Å². The lowest BCUT2D eigenvalue weighted by Gasteiger charge is -2.19. The van der Waals surface area contributed by atoms with Crippen LogP contribution in [0.5, 0.6) is 0 Å². The van der Waals surface area contributed by atoms with E-state index in [2.05, 4.69) is 19.2 Å². The molecule has 3 heteroatoms. The summed E-state index contributed by atoms with van der Waals surface area (Å²) >= 11 is 0. The molecule has 0 atom stereocenters. The van der Waals surface area contributed by atoms with E-state index in [9.17, 15) is 4.79 Å². The summed E-state index contributed by atoms with van der Waals surface area (Å²) in [5.74, 6) is 0.685. The van der Waals surface area contributed by atoms with E-state index in [0.29, 0.717) is 17.9 Å². The number of hydrogen-bond donors (Lipinski definition) is 1. The van der Waals surface area contributed by atoms with Crippen molar-refractivity contribution in [3.8, 4) is 0 Å². The molecule has 15 heavy (non-hydrogen) atoms. The van der Waals surface area contributed by atoms with Gasteiger partial charge in [0, 0.05) is 13.2 Å². The highest BCUT2D eigenvalue weighted by molar-refractivity contribution is 5.77. The largest absolute Gasteiger partial charge is 0.372 e. The third-order valence-corrected chi connectivity index (χ3v) is 3.34. The molecular weight excluding hydrogens is 190 g/mol. The minimum atomic E-state index is 0.0235. The van der Waals surface area contributed by atoms with Crippen molar-refractivity contribution in [2.45, 2.75) is 40.0 Å². The van der Waals surface area contributed by atoms with Crippen LogP contribution in [-0.4, -0.2) is 25.7 Å². The van der Waals surface area contributed by atoms with E-state index >= 15 is 0 Å². The van der Waals surface area contributed by atoms with Gasteiger partial charge in [0.05, 0.1) is 0 Å². The van der Waals surface area contributed by atoms with Gasteiger partial charge in [0.1, 0.15) is 6.61 Å². The molecule has 1 aliphatic rings. The second-order valence-electron chi connectivity index (χ2n) is 4.85. The van der Waals surface area contributed by atoms with Crippen LogP contribution in [0.2, 0.25) is 0 Å². The summed E-state index contributed by atoms with van der Waals surface area (Å²) in [5, 5.41) is 2.96. The molecule has 1 N–H and O–H groups in total. The molecule has 88 valence electrons. The number of hydrogen-bond acceptors (Lipinski definition) is 2. The smallest absolute Gasteiger partial charge is 0.246 e. The first kappa shape index (κ1) is 12.5. The molecule has 1 amide bonds. The monoisotopic (exact) mass is 213 g/mol. The maximum Gasteiger partial charge on any atom is 0.246 e. The number of carbonyl (C=O) groups excluding carboxylic acids is 1. The molecule has 0 aliphatic heterocycles. The molecule has 1 aliphatic carbocycles.